The Morgan fingerprint density at radius 1 is 1.32 bits per heavy atom. The molecule has 6 heteroatoms. The molecule has 0 unspecified atom stereocenters. The molecule has 0 spiro atoms. The van der Waals surface area contributed by atoms with E-state index in [0.717, 1.165) is 9.87 Å². The van der Waals surface area contributed by atoms with Crippen molar-refractivity contribution in [3.63, 3.8) is 0 Å². The lowest BCUT2D eigenvalue weighted by Gasteiger charge is -2.37. The molecule has 0 radical (unpaired) electrons. The Balaban J connectivity index is 2.39. The summed E-state index contributed by atoms with van der Waals surface area (Å²) in [6.45, 7) is 9.40. The highest BCUT2D eigenvalue weighted by Gasteiger charge is 2.42. The van der Waals surface area contributed by atoms with Crippen LogP contribution in [0.15, 0.2) is 41.8 Å². The third kappa shape index (κ3) is 3.02. The van der Waals surface area contributed by atoms with E-state index in [-0.39, 0.29) is 16.9 Å². The van der Waals surface area contributed by atoms with E-state index >= 15 is 0 Å². The second kappa shape index (κ2) is 6.12. The summed E-state index contributed by atoms with van der Waals surface area (Å²) >= 11 is 0. The third-order valence-corrected chi connectivity index (χ3v) is 5.61. The number of nitrogens with zero attached hydrogens (tertiary/aromatic N) is 1. The molecule has 1 amide bonds. The Morgan fingerprint density at radius 3 is 2.41 bits per heavy atom. The highest BCUT2D eigenvalue weighted by atomic mass is 32.2. The number of carbonyl (C=O) groups excluding carboxylic acids is 1. The molecule has 0 aromatic heterocycles. The highest BCUT2D eigenvalue weighted by Crippen LogP contribution is 2.29. The molecular weight excluding hydrogens is 302 g/mol. The van der Waals surface area contributed by atoms with Crippen molar-refractivity contribution in [3.05, 3.63) is 42.5 Å². The van der Waals surface area contributed by atoms with Gasteiger partial charge in [0, 0.05) is 6.42 Å². The van der Waals surface area contributed by atoms with Crippen molar-refractivity contribution in [2.45, 2.75) is 44.2 Å². The molecule has 0 N–H and O–H groups in total. The summed E-state index contributed by atoms with van der Waals surface area (Å²) in [4.78, 5) is 12.3. The van der Waals surface area contributed by atoms with Crippen LogP contribution in [0.25, 0.3) is 0 Å². The molecule has 1 heterocycles. The fourth-order valence-corrected chi connectivity index (χ4v) is 3.87. The molecule has 2 rings (SSSR count). The van der Waals surface area contributed by atoms with Crippen molar-refractivity contribution in [1.82, 2.24) is 4.31 Å². The molecule has 0 saturated carbocycles. The van der Waals surface area contributed by atoms with E-state index in [1.807, 2.05) is 20.8 Å². The number of benzene rings is 1. The van der Waals surface area contributed by atoms with Gasteiger partial charge in [-0.25, -0.2) is 13.2 Å². The maximum atomic E-state index is 12.7. The monoisotopic (exact) mass is 323 g/mol. The van der Waals surface area contributed by atoms with E-state index in [0.29, 0.717) is 6.42 Å². The van der Waals surface area contributed by atoms with Crippen LogP contribution in [0.4, 0.5) is 4.79 Å². The van der Waals surface area contributed by atoms with Gasteiger partial charge >= 0.3 is 6.09 Å². The molecule has 5 nitrogen and oxygen atoms in total. The van der Waals surface area contributed by atoms with Gasteiger partial charge in [-0.05, 0) is 25.0 Å². The SMILES string of the molecule is C=C[C@@H]1C[C@@H](C(C)C)OC(=O)N1S(=O)(=O)c1ccc(C)cc1. The number of sulfonamides is 1. The Hall–Kier alpha value is -1.82. The minimum absolute atomic E-state index is 0.0740. The first kappa shape index (κ1) is 16.5. The first-order chi connectivity index (χ1) is 10.3. The van der Waals surface area contributed by atoms with E-state index in [2.05, 4.69) is 6.58 Å². The number of hydrogen-bond donors (Lipinski definition) is 0. The maximum absolute atomic E-state index is 12.7. The fraction of sp³-hybridized carbons (Fsp3) is 0.438. The molecule has 1 fully saturated rings. The Bertz CT molecular complexity index is 664. The van der Waals surface area contributed by atoms with Crippen LogP contribution in [0, 0.1) is 12.8 Å². The number of rotatable bonds is 4. The van der Waals surface area contributed by atoms with Crippen LogP contribution in [0.1, 0.15) is 25.8 Å². The van der Waals surface area contributed by atoms with Crippen molar-refractivity contribution < 1.29 is 17.9 Å². The molecule has 0 bridgehead atoms. The molecule has 1 aliphatic rings. The van der Waals surface area contributed by atoms with Crippen molar-refractivity contribution in [1.29, 1.82) is 0 Å². The van der Waals surface area contributed by atoms with Gasteiger partial charge in [0.25, 0.3) is 10.0 Å². The van der Waals surface area contributed by atoms with Crippen LogP contribution in [-0.4, -0.2) is 31.0 Å². The van der Waals surface area contributed by atoms with Gasteiger partial charge in [-0.15, -0.1) is 6.58 Å². The van der Waals surface area contributed by atoms with E-state index in [1.165, 1.54) is 18.2 Å². The molecule has 1 saturated heterocycles. The Kier molecular flexibility index (Phi) is 4.60. The summed E-state index contributed by atoms with van der Waals surface area (Å²) in [5, 5.41) is 0. The summed E-state index contributed by atoms with van der Waals surface area (Å²) in [7, 11) is -3.95. The molecule has 120 valence electrons. The zero-order valence-electron chi connectivity index (χ0n) is 13.0. The van der Waals surface area contributed by atoms with Crippen molar-refractivity contribution in [3.8, 4) is 0 Å². The largest absolute Gasteiger partial charge is 0.445 e. The second-order valence-corrected chi connectivity index (χ2v) is 7.63. The third-order valence-electron chi connectivity index (χ3n) is 3.80. The first-order valence-electron chi connectivity index (χ1n) is 7.21. The molecule has 1 aromatic carbocycles. The van der Waals surface area contributed by atoms with Crippen molar-refractivity contribution in [2.24, 2.45) is 5.92 Å². The van der Waals surface area contributed by atoms with Crippen LogP contribution in [0.2, 0.25) is 0 Å². The quantitative estimate of drug-likeness (QED) is 0.799. The van der Waals surface area contributed by atoms with Gasteiger partial charge < -0.3 is 4.74 Å². The number of cyclic esters (lactones) is 1. The maximum Gasteiger partial charge on any atom is 0.424 e. The normalized spacial score (nSPS) is 22.5. The topological polar surface area (TPSA) is 63.7 Å². The van der Waals surface area contributed by atoms with Gasteiger partial charge in [-0.2, -0.15) is 4.31 Å². The van der Waals surface area contributed by atoms with Crippen molar-refractivity contribution >= 4 is 16.1 Å². The molecule has 0 aliphatic carbocycles. The number of carbonyl (C=O) groups is 1. The molecule has 22 heavy (non-hydrogen) atoms. The fourth-order valence-electron chi connectivity index (χ4n) is 2.40. The molecule has 1 aromatic rings. The zero-order chi connectivity index (χ0) is 16.5. The lowest BCUT2D eigenvalue weighted by Crippen LogP contribution is -2.51. The average molecular weight is 323 g/mol. The van der Waals surface area contributed by atoms with Gasteiger partial charge in [-0.3, -0.25) is 0 Å². The Morgan fingerprint density at radius 2 is 1.91 bits per heavy atom. The van der Waals surface area contributed by atoms with E-state index in [9.17, 15) is 13.2 Å². The van der Waals surface area contributed by atoms with Crippen LogP contribution in [0.3, 0.4) is 0 Å². The van der Waals surface area contributed by atoms with Gasteiger partial charge in [0.15, 0.2) is 0 Å². The van der Waals surface area contributed by atoms with Gasteiger partial charge in [0.2, 0.25) is 0 Å². The van der Waals surface area contributed by atoms with E-state index in [4.69, 9.17) is 4.74 Å². The smallest absolute Gasteiger partial charge is 0.424 e. The number of ether oxygens (including phenoxy) is 1. The van der Waals surface area contributed by atoms with Crippen LogP contribution >= 0.6 is 0 Å². The van der Waals surface area contributed by atoms with E-state index < -0.39 is 22.2 Å². The molecule has 2 atom stereocenters. The van der Waals surface area contributed by atoms with Gasteiger partial charge in [-0.1, -0.05) is 37.6 Å². The predicted molar refractivity (Wildman–Crippen MR) is 83.9 cm³/mol. The van der Waals surface area contributed by atoms with E-state index in [1.54, 1.807) is 12.1 Å². The standard InChI is InChI=1S/C16H21NO4S/c1-5-13-10-15(11(2)3)21-16(18)17(13)22(19,20)14-8-6-12(4)7-9-14/h5-9,11,13,15H,1,10H2,2-4H3/t13-,15+/m1/s1. The summed E-state index contributed by atoms with van der Waals surface area (Å²) in [6.07, 6.45) is 0.759. The Labute approximate surface area is 131 Å². The van der Waals surface area contributed by atoms with Crippen LogP contribution < -0.4 is 0 Å². The molecule has 1 aliphatic heterocycles. The number of amides is 1. The second-order valence-electron chi connectivity index (χ2n) is 5.82. The molecular formula is C16H21NO4S. The summed E-state index contributed by atoms with van der Waals surface area (Å²) in [6, 6.07) is 5.78. The van der Waals surface area contributed by atoms with Crippen molar-refractivity contribution in [2.75, 3.05) is 0 Å². The van der Waals surface area contributed by atoms with Gasteiger partial charge in [0.1, 0.15) is 6.10 Å². The van der Waals surface area contributed by atoms with Crippen LogP contribution in [-0.2, 0) is 14.8 Å². The highest BCUT2D eigenvalue weighted by molar-refractivity contribution is 7.89. The predicted octanol–water partition coefficient (Wildman–Crippen LogP) is 3.11. The van der Waals surface area contributed by atoms with Crippen LogP contribution in [0.5, 0.6) is 0 Å². The summed E-state index contributed by atoms with van der Waals surface area (Å²) < 4.78 is 31.5. The summed E-state index contributed by atoms with van der Waals surface area (Å²) in [5.41, 5.74) is 0.945. The number of hydrogen-bond acceptors (Lipinski definition) is 4. The van der Waals surface area contributed by atoms with Gasteiger partial charge in [0.05, 0.1) is 10.9 Å². The lowest BCUT2D eigenvalue weighted by molar-refractivity contribution is 0.0137. The number of aryl methyl sites for hydroxylation is 1. The minimum Gasteiger partial charge on any atom is -0.445 e. The lowest BCUT2D eigenvalue weighted by atomic mass is 9.98. The average Bonchev–Trinajstić information content (AvgIpc) is 2.46. The summed E-state index contributed by atoms with van der Waals surface area (Å²) in [5.74, 6) is 0.121. The zero-order valence-corrected chi connectivity index (χ0v) is 13.8. The first-order valence-corrected chi connectivity index (χ1v) is 8.65. The minimum atomic E-state index is -3.95.